The van der Waals surface area contributed by atoms with Crippen LogP contribution in [0.5, 0.6) is 0 Å². The molecule has 17 heavy (non-hydrogen) atoms. The molecule has 0 saturated heterocycles. The molecule has 0 aromatic carbocycles. The van der Waals surface area contributed by atoms with Gasteiger partial charge in [-0.25, -0.2) is 0 Å². The zero-order valence-corrected chi connectivity index (χ0v) is 11.4. The van der Waals surface area contributed by atoms with E-state index in [0.29, 0.717) is 5.78 Å². The van der Waals surface area contributed by atoms with Crippen molar-refractivity contribution < 1.29 is 4.79 Å². The Morgan fingerprint density at radius 1 is 0.882 bits per heavy atom. The third-order valence-electron chi connectivity index (χ3n) is 3.75. The Kier molecular flexibility index (Phi) is 8.04. The maximum atomic E-state index is 11.8. The molecule has 1 rings (SSSR count). The van der Waals surface area contributed by atoms with E-state index in [1.807, 2.05) is 0 Å². The molecule has 0 fully saturated rings. The van der Waals surface area contributed by atoms with E-state index < -0.39 is 0 Å². The van der Waals surface area contributed by atoms with Crippen LogP contribution in [0.25, 0.3) is 0 Å². The molecule has 0 aliphatic heterocycles. The van der Waals surface area contributed by atoms with E-state index in [2.05, 4.69) is 19.1 Å². The lowest BCUT2D eigenvalue weighted by molar-refractivity contribution is -0.122. The molecule has 1 atom stereocenters. The van der Waals surface area contributed by atoms with Crippen LogP contribution in [-0.4, -0.2) is 5.78 Å². The summed E-state index contributed by atoms with van der Waals surface area (Å²) < 4.78 is 0. The molecular formula is C16H28O. The van der Waals surface area contributed by atoms with Crippen LogP contribution in [-0.2, 0) is 4.79 Å². The summed E-state index contributed by atoms with van der Waals surface area (Å²) in [6.07, 6.45) is 17.9. The molecule has 0 saturated carbocycles. The highest BCUT2D eigenvalue weighted by atomic mass is 16.1. The quantitative estimate of drug-likeness (QED) is 0.538. The average molecular weight is 236 g/mol. The largest absolute Gasteiger partial charge is 0.299 e. The van der Waals surface area contributed by atoms with E-state index in [-0.39, 0.29) is 5.92 Å². The zero-order valence-electron chi connectivity index (χ0n) is 11.4. The van der Waals surface area contributed by atoms with Crippen LogP contribution in [0.2, 0.25) is 0 Å². The molecule has 0 amide bonds. The first-order valence-corrected chi connectivity index (χ1v) is 7.48. The molecule has 0 unspecified atom stereocenters. The Balaban J connectivity index is 2.32. The third-order valence-corrected chi connectivity index (χ3v) is 3.75. The van der Waals surface area contributed by atoms with Gasteiger partial charge in [-0.1, -0.05) is 57.6 Å². The third kappa shape index (κ3) is 7.36. The maximum absolute atomic E-state index is 11.8. The molecule has 0 spiro atoms. The molecule has 1 nitrogen and oxygen atoms in total. The highest BCUT2D eigenvalue weighted by Gasteiger charge is 2.10. The molecular weight excluding hydrogens is 208 g/mol. The van der Waals surface area contributed by atoms with Crippen molar-refractivity contribution in [3.63, 3.8) is 0 Å². The van der Waals surface area contributed by atoms with Gasteiger partial charge in [-0.3, -0.25) is 4.79 Å². The standard InChI is InChI=1S/C16H28O/c1-15-13-11-9-7-5-3-2-4-6-8-10-12-14-16(15)17/h9,11,15H,2-8,10,12-14H2,1H3/t15-/m0/s1. The smallest absolute Gasteiger partial charge is 0.136 e. The number of hydrogen-bond donors (Lipinski definition) is 0. The van der Waals surface area contributed by atoms with Crippen LogP contribution >= 0.6 is 0 Å². The minimum absolute atomic E-state index is 0.233. The van der Waals surface area contributed by atoms with Crippen LogP contribution in [0.15, 0.2) is 12.2 Å². The second-order valence-electron chi connectivity index (χ2n) is 5.44. The van der Waals surface area contributed by atoms with Crippen LogP contribution < -0.4 is 0 Å². The fourth-order valence-electron chi connectivity index (χ4n) is 2.42. The van der Waals surface area contributed by atoms with Crippen molar-refractivity contribution in [3.8, 4) is 0 Å². The summed E-state index contributed by atoms with van der Waals surface area (Å²) in [5.41, 5.74) is 0. The van der Waals surface area contributed by atoms with E-state index in [1.54, 1.807) is 0 Å². The van der Waals surface area contributed by atoms with Crippen molar-refractivity contribution in [2.75, 3.05) is 0 Å². The predicted molar refractivity (Wildman–Crippen MR) is 74.1 cm³/mol. The summed E-state index contributed by atoms with van der Waals surface area (Å²) in [5, 5.41) is 0. The number of ketones is 1. The number of carbonyl (C=O) groups is 1. The van der Waals surface area contributed by atoms with E-state index in [4.69, 9.17) is 0 Å². The molecule has 98 valence electrons. The SMILES string of the molecule is C[C@H]1CC=CCCCCCCCCCCC1=O. The molecule has 0 N–H and O–H groups in total. The highest BCUT2D eigenvalue weighted by Crippen LogP contribution is 2.15. The van der Waals surface area contributed by atoms with E-state index in [9.17, 15) is 4.79 Å². The van der Waals surface area contributed by atoms with Crippen LogP contribution in [0.3, 0.4) is 0 Å². The Hall–Kier alpha value is -0.590. The van der Waals surface area contributed by atoms with Gasteiger partial charge in [-0.15, -0.1) is 0 Å². The second-order valence-corrected chi connectivity index (χ2v) is 5.44. The lowest BCUT2D eigenvalue weighted by Gasteiger charge is -2.07. The Morgan fingerprint density at radius 2 is 1.47 bits per heavy atom. The first-order chi connectivity index (χ1) is 8.30. The molecule has 1 aliphatic rings. The van der Waals surface area contributed by atoms with Gasteiger partial charge in [0.2, 0.25) is 0 Å². The molecule has 1 heteroatoms. The van der Waals surface area contributed by atoms with E-state index in [1.165, 1.54) is 51.4 Å². The van der Waals surface area contributed by atoms with Crippen LogP contribution in [0.1, 0.15) is 77.6 Å². The van der Waals surface area contributed by atoms with Gasteiger partial charge in [0.05, 0.1) is 0 Å². The lowest BCUT2D eigenvalue weighted by Crippen LogP contribution is -2.09. The first kappa shape index (κ1) is 14.5. The van der Waals surface area contributed by atoms with Gasteiger partial charge in [0.1, 0.15) is 5.78 Å². The average Bonchev–Trinajstić information content (AvgIpc) is 2.34. The van der Waals surface area contributed by atoms with Gasteiger partial charge in [-0.05, 0) is 25.7 Å². The van der Waals surface area contributed by atoms with Crippen LogP contribution in [0.4, 0.5) is 0 Å². The summed E-state index contributed by atoms with van der Waals surface area (Å²) in [5.74, 6) is 0.695. The van der Waals surface area contributed by atoms with Gasteiger partial charge < -0.3 is 0 Å². The summed E-state index contributed by atoms with van der Waals surface area (Å²) in [4.78, 5) is 11.8. The monoisotopic (exact) mass is 236 g/mol. The minimum atomic E-state index is 0.233. The van der Waals surface area contributed by atoms with Crippen molar-refractivity contribution in [2.24, 2.45) is 5.92 Å². The lowest BCUT2D eigenvalue weighted by atomic mass is 9.97. The Labute approximate surface area is 107 Å². The van der Waals surface area contributed by atoms with Gasteiger partial charge in [0.15, 0.2) is 0 Å². The van der Waals surface area contributed by atoms with Gasteiger partial charge in [0, 0.05) is 12.3 Å². The molecule has 0 aromatic rings. The molecule has 0 bridgehead atoms. The Bertz CT molecular complexity index is 230. The number of Topliss-reactive ketones (excluding diaryl/α,β-unsaturated/α-hetero) is 1. The number of hydrogen-bond acceptors (Lipinski definition) is 1. The van der Waals surface area contributed by atoms with Gasteiger partial charge in [0.25, 0.3) is 0 Å². The first-order valence-electron chi connectivity index (χ1n) is 7.48. The molecule has 0 aromatic heterocycles. The summed E-state index contributed by atoms with van der Waals surface area (Å²) in [7, 11) is 0. The number of carbonyl (C=O) groups excluding carboxylic acids is 1. The molecule has 1 aliphatic carbocycles. The number of allylic oxidation sites excluding steroid dienone is 2. The fourth-order valence-corrected chi connectivity index (χ4v) is 2.42. The van der Waals surface area contributed by atoms with E-state index >= 15 is 0 Å². The Morgan fingerprint density at radius 3 is 2.18 bits per heavy atom. The predicted octanol–water partition coefficient (Wildman–Crippen LogP) is 5.05. The molecule has 0 radical (unpaired) electrons. The minimum Gasteiger partial charge on any atom is -0.299 e. The second kappa shape index (κ2) is 9.44. The van der Waals surface area contributed by atoms with E-state index in [0.717, 1.165) is 19.3 Å². The van der Waals surface area contributed by atoms with Crippen molar-refractivity contribution in [2.45, 2.75) is 77.6 Å². The van der Waals surface area contributed by atoms with Crippen molar-refractivity contribution in [1.82, 2.24) is 0 Å². The number of rotatable bonds is 0. The van der Waals surface area contributed by atoms with Gasteiger partial charge in [-0.2, -0.15) is 0 Å². The maximum Gasteiger partial charge on any atom is 0.136 e. The highest BCUT2D eigenvalue weighted by molar-refractivity contribution is 5.80. The van der Waals surface area contributed by atoms with Crippen molar-refractivity contribution >= 4 is 5.78 Å². The summed E-state index contributed by atoms with van der Waals surface area (Å²) >= 11 is 0. The summed E-state index contributed by atoms with van der Waals surface area (Å²) in [6, 6.07) is 0. The van der Waals surface area contributed by atoms with Crippen LogP contribution in [0, 0.1) is 5.92 Å². The topological polar surface area (TPSA) is 17.1 Å². The van der Waals surface area contributed by atoms with Gasteiger partial charge >= 0.3 is 0 Å². The normalized spacial score (nSPS) is 26.2. The zero-order chi connectivity index (χ0) is 12.3. The van der Waals surface area contributed by atoms with Crippen molar-refractivity contribution in [1.29, 1.82) is 0 Å². The molecule has 0 heterocycles. The fraction of sp³-hybridized carbons (Fsp3) is 0.812. The summed E-state index contributed by atoms with van der Waals surface area (Å²) in [6.45, 7) is 2.07. The van der Waals surface area contributed by atoms with Crippen molar-refractivity contribution in [3.05, 3.63) is 12.2 Å².